The number of phenols is 1. The van der Waals surface area contributed by atoms with Gasteiger partial charge in [-0.25, -0.2) is 14.4 Å². The molecule has 110 valence electrons. The average molecular weight is 317 g/mol. The minimum atomic E-state index is -0.532. The maximum Gasteiger partial charge on any atom is 0.143 e. The molecule has 0 spiro atoms. The van der Waals surface area contributed by atoms with Gasteiger partial charge in [0.2, 0.25) is 0 Å². The van der Waals surface area contributed by atoms with Crippen LogP contribution in [0.3, 0.4) is 0 Å². The van der Waals surface area contributed by atoms with Crippen LogP contribution in [-0.4, -0.2) is 21.8 Å². The van der Waals surface area contributed by atoms with E-state index in [1.807, 2.05) is 0 Å². The number of benzene rings is 2. The van der Waals surface area contributed by atoms with E-state index in [0.717, 1.165) is 6.07 Å². The van der Waals surface area contributed by atoms with E-state index in [1.54, 1.807) is 12.1 Å². The van der Waals surface area contributed by atoms with Crippen LogP contribution in [0.4, 0.5) is 21.6 Å². The van der Waals surface area contributed by atoms with Crippen molar-refractivity contribution in [2.24, 2.45) is 4.99 Å². The number of halogens is 2. The first-order chi connectivity index (χ1) is 10.6. The third-order valence-corrected chi connectivity index (χ3v) is 3.37. The van der Waals surface area contributed by atoms with Crippen molar-refractivity contribution in [3.8, 4) is 5.75 Å². The van der Waals surface area contributed by atoms with Crippen LogP contribution >= 0.6 is 11.6 Å². The first-order valence-corrected chi connectivity index (χ1v) is 6.63. The SMILES string of the molecule is C=Nc1cc(Cl)c2c(Nc3ccc(F)cc3O)ncnc2c1. The quantitative estimate of drug-likeness (QED) is 0.561. The van der Waals surface area contributed by atoms with Gasteiger partial charge in [0.15, 0.2) is 0 Å². The molecule has 0 saturated carbocycles. The number of fused-ring (bicyclic) bond motifs is 1. The zero-order valence-electron chi connectivity index (χ0n) is 11.2. The van der Waals surface area contributed by atoms with E-state index < -0.39 is 5.82 Å². The molecule has 2 aromatic carbocycles. The number of nitrogens with zero attached hydrogens (tertiary/aromatic N) is 3. The first kappa shape index (κ1) is 14.2. The Balaban J connectivity index is 2.13. The van der Waals surface area contributed by atoms with Crippen molar-refractivity contribution < 1.29 is 9.50 Å². The van der Waals surface area contributed by atoms with Crippen LogP contribution in [-0.2, 0) is 0 Å². The predicted octanol–water partition coefficient (Wildman–Crippen LogP) is 4.20. The van der Waals surface area contributed by atoms with Gasteiger partial charge >= 0.3 is 0 Å². The van der Waals surface area contributed by atoms with Crippen molar-refractivity contribution in [1.29, 1.82) is 0 Å². The van der Waals surface area contributed by atoms with Gasteiger partial charge in [-0.05, 0) is 31.0 Å². The smallest absolute Gasteiger partial charge is 0.143 e. The van der Waals surface area contributed by atoms with Crippen LogP contribution in [0.1, 0.15) is 0 Å². The van der Waals surface area contributed by atoms with Crippen molar-refractivity contribution in [3.05, 3.63) is 47.5 Å². The molecule has 3 rings (SSSR count). The fourth-order valence-electron chi connectivity index (χ4n) is 2.05. The third kappa shape index (κ3) is 2.56. The zero-order chi connectivity index (χ0) is 15.7. The molecule has 0 unspecified atom stereocenters. The molecular weight excluding hydrogens is 307 g/mol. The van der Waals surface area contributed by atoms with E-state index in [2.05, 4.69) is 27.0 Å². The van der Waals surface area contributed by atoms with Crippen LogP contribution < -0.4 is 5.32 Å². The molecule has 2 N–H and O–H groups in total. The highest BCUT2D eigenvalue weighted by atomic mass is 35.5. The minimum Gasteiger partial charge on any atom is -0.506 e. The highest BCUT2D eigenvalue weighted by Crippen LogP contribution is 2.35. The molecule has 22 heavy (non-hydrogen) atoms. The lowest BCUT2D eigenvalue weighted by molar-refractivity contribution is 0.471. The van der Waals surface area contributed by atoms with Gasteiger partial charge in [0, 0.05) is 6.07 Å². The summed E-state index contributed by atoms with van der Waals surface area (Å²) in [7, 11) is 0. The molecule has 0 saturated heterocycles. The maximum atomic E-state index is 13.0. The van der Waals surface area contributed by atoms with E-state index in [1.165, 1.54) is 18.5 Å². The number of aromatic nitrogens is 2. The van der Waals surface area contributed by atoms with Gasteiger partial charge in [-0.3, -0.25) is 4.99 Å². The number of nitrogens with one attached hydrogen (secondary N) is 1. The number of aromatic hydroxyl groups is 1. The largest absolute Gasteiger partial charge is 0.506 e. The molecule has 5 nitrogen and oxygen atoms in total. The maximum absolute atomic E-state index is 13.0. The lowest BCUT2D eigenvalue weighted by Gasteiger charge is -2.11. The molecule has 0 aliphatic rings. The Morgan fingerprint density at radius 3 is 2.77 bits per heavy atom. The van der Waals surface area contributed by atoms with Gasteiger partial charge in [0.1, 0.15) is 23.7 Å². The van der Waals surface area contributed by atoms with Gasteiger partial charge in [0.25, 0.3) is 0 Å². The molecule has 0 atom stereocenters. The summed E-state index contributed by atoms with van der Waals surface area (Å²) < 4.78 is 13.0. The Morgan fingerprint density at radius 1 is 1.23 bits per heavy atom. The molecule has 1 aromatic heterocycles. The highest BCUT2D eigenvalue weighted by molar-refractivity contribution is 6.36. The third-order valence-electron chi connectivity index (χ3n) is 3.07. The number of hydrogen-bond acceptors (Lipinski definition) is 5. The van der Waals surface area contributed by atoms with Gasteiger partial charge in [0.05, 0.1) is 27.3 Å². The summed E-state index contributed by atoms with van der Waals surface area (Å²) in [5.74, 6) is -0.366. The van der Waals surface area contributed by atoms with Crippen molar-refractivity contribution >= 4 is 46.4 Å². The number of anilines is 2. The lowest BCUT2D eigenvalue weighted by Crippen LogP contribution is -1.97. The molecule has 0 amide bonds. The van der Waals surface area contributed by atoms with Gasteiger partial charge in [-0.2, -0.15) is 0 Å². The molecule has 0 aliphatic carbocycles. The van der Waals surface area contributed by atoms with E-state index in [4.69, 9.17) is 11.6 Å². The first-order valence-electron chi connectivity index (χ1n) is 6.25. The lowest BCUT2D eigenvalue weighted by atomic mass is 10.2. The van der Waals surface area contributed by atoms with Crippen molar-refractivity contribution in [1.82, 2.24) is 9.97 Å². The van der Waals surface area contributed by atoms with Gasteiger partial charge in [-0.15, -0.1) is 0 Å². The molecule has 0 radical (unpaired) electrons. The molecule has 3 aromatic rings. The number of aliphatic imine (C=N–C) groups is 1. The Morgan fingerprint density at radius 2 is 2.05 bits per heavy atom. The van der Waals surface area contributed by atoms with Crippen molar-refractivity contribution in [2.75, 3.05) is 5.32 Å². The van der Waals surface area contributed by atoms with E-state index >= 15 is 0 Å². The normalized spacial score (nSPS) is 10.6. The van der Waals surface area contributed by atoms with E-state index in [-0.39, 0.29) is 5.75 Å². The van der Waals surface area contributed by atoms with Crippen LogP contribution in [0, 0.1) is 5.82 Å². The molecule has 1 heterocycles. The molecule has 0 aliphatic heterocycles. The topological polar surface area (TPSA) is 70.4 Å². The van der Waals surface area contributed by atoms with E-state index in [9.17, 15) is 9.50 Å². The summed E-state index contributed by atoms with van der Waals surface area (Å²) in [4.78, 5) is 12.1. The summed E-state index contributed by atoms with van der Waals surface area (Å²) in [6.45, 7) is 3.45. The zero-order valence-corrected chi connectivity index (χ0v) is 12.0. The highest BCUT2D eigenvalue weighted by Gasteiger charge is 2.11. The molecule has 0 fully saturated rings. The molecular formula is C15H10ClFN4O. The second kappa shape index (κ2) is 5.57. The number of rotatable bonds is 3. The summed E-state index contributed by atoms with van der Waals surface area (Å²) in [6.07, 6.45) is 1.36. The van der Waals surface area contributed by atoms with Crippen molar-refractivity contribution in [3.63, 3.8) is 0 Å². The average Bonchev–Trinajstić information content (AvgIpc) is 2.49. The Hall–Kier alpha value is -2.73. The van der Waals surface area contributed by atoms with Gasteiger partial charge in [-0.1, -0.05) is 11.6 Å². The number of phenolic OH excluding ortho intramolecular Hbond substituents is 1. The minimum absolute atomic E-state index is 0.229. The fourth-order valence-corrected chi connectivity index (χ4v) is 2.35. The number of hydrogen-bond donors (Lipinski definition) is 2. The second-order valence-corrected chi connectivity index (χ2v) is 4.90. The van der Waals surface area contributed by atoms with Crippen LogP contribution in [0.5, 0.6) is 5.75 Å². The summed E-state index contributed by atoms with van der Waals surface area (Å²) in [5.41, 5.74) is 1.48. The molecule has 7 heteroatoms. The summed E-state index contributed by atoms with van der Waals surface area (Å²) in [5, 5.41) is 13.7. The summed E-state index contributed by atoms with van der Waals surface area (Å²) >= 11 is 6.25. The van der Waals surface area contributed by atoms with Crippen LogP contribution in [0.25, 0.3) is 10.9 Å². The molecule has 0 bridgehead atoms. The Kier molecular flexibility index (Phi) is 3.60. The monoisotopic (exact) mass is 316 g/mol. The van der Waals surface area contributed by atoms with E-state index in [0.29, 0.717) is 33.1 Å². The predicted molar refractivity (Wildman–Crippen MR) is 85.1 cm³/mol. The van der Waals surface area contributed by atoms with Gasteiger partial charge < -0.3 is 10.4 Å². The standard InChI is InChI=1S/C15H10ClFN4O/c1-18-9-5-10(16)14-12(6-9)19-7-20-15(14)21-11-3-2-8(17)4-13(11)22/h2-7,22H,1H2,(H,19,20,21). The van der Waals surface area contributed by atoms with Crippen LogP contribution in [0.15, 0.2) is 41.7 Å². The Labute approximate surface area is 130 Å². The fraction of sp³-hybridized carbons (Fsp3) is 0. The Bertz CT molecular complexity index is 885. The van der Waals surface area contributed by atoms with Crippen molar-refractivity contribution in [2.45, 2.75) is 0 Å². The second-order valence-electron chi connectivity index (χ2n) is 4.49. The van der Waals surface area contributed by atoms with Crippen LogP contribution in [0.2, 0.25) is 5.02 Å². The summed E-state index contributed by atoms with van der Waals surface area (Å²) in [6, 6.07) is 6.99.